The number of hydrogen-bond acceptors (Lipinski definition) is 10. The van der Waals surface area contributed by atoms with Crippen LogP contribution in [0, 0.1) is 22.7 Å². The van der Waals surface area contributed by atoms with Gasteiger partial charge in [0.25, 0.3) is 0 Å². The largest absolute Gasteiger partial charge is 0.383 e. The summed E-state index contributed by atoms with van der Waals surface area (Å²) in [6.45, 7) is 4.08. The van der Waals surface area contributed by atoms with Crippen molar-refractivity contribution in [1.82, 2.24) is 34.4 Å². The maximum Gasteiger partial charge on any atom is 0.226 e. The summed E-state index contributed by atoms with van der Waals surface area (Å²) in [4.78, 5) is 27.4. The van der Waals surface area contributed by atoms with Gasteiger partial charge in [0.1, 0.15) is 23.1 Å². The van der Waals surface area contributed by atoms with Crippen LogP contribution in [0.5, 0.6) is 0 Å². The van der Waals surface area contributed by atoms with E-state index in [1.54, 1.807) is 24.5 Å². The summed E-state index contributed by atoms with van der Waals surface area (Å²) in [5, 5.41) is 18.9. The molecule has 0 unspecified atom stereocenters. The Kier molecular flexibility index (Phi) is 7.28. The molecule has 2 N–H and O–H groups in total. The molecule has 7 rings (SSSR count). The Bertz CT molecular complexity index is 2100. The molecule has 1 aliphatic rings. The van der Waals surface area contributed by atoms with E-state index in [2.05, 4.69) is 61.2 Å². The van der Waals surface area contributed by atoms with Crippen molar-refractivity contribution in [3.8, 4) is 40.5 Å². The number of aromatic nitrogens is 6. The Balaban J connectivity index is 1.19. The lowest BCUT2D eigenvalue weighted by molar-refractivity contribution is 0.248. The molecule has 0 spiro atoms. The number of benzene rings is 2. The van der Waals surface area contributed by atoms with Crippen LogP contribution in [0.4, 0.5) is 11.8 Å². The highest BCUT2D eigenvalue weighted by Gasteiger charge is 2.21. The first kappa shape index (κ1) is 27.7. The van der Waals surface area contributed by atoms with E-state index in [9.17, 15) is 5.26 Å². The third-order valence-electron chi connectivity index (χ3n) is 7.92. The molecular weight excluding hydrogens is 562 g/mol. The lowest BCUT2D eigenvalue weighted by Crippen LogP contribution is -2.46. The minimum Gasteiger partial charge on any atom is -0.383 e. The van der Waals surface area contributed by atoms with Crippen LogP contribution in [0.2, 0.25) is 0 Å². The van der Waals surface area contributed by atoms with E-state index in [1.165, 1.54) is 5.56 Å². The fourth-order valence-corrected chi connectivity index (χ4v) is 5.62. The maximum atomic E-state index is 9.70. The van der Waals surface area contributed by atoms with E-state index in [0.717, 1.165) is 44.0 Å². The highest BCUT2D eigenvalue weighted by atomic mass is 15.3. The number of pyridine rings is 2. The lowest BCUT2D eigenvalue weighted by atomic mass is 10.1. The summed E-state index contributed by atoms with van der Waals surface area (Å²) in [7, 11) is 0. The molecular formula is C34H27N11. The van der Waals surface area contributed by atoms with Gasteiger partial charge in [0, 0.05) is 56.4 Å². The standard InChI is InChI=1S/C34H27N11/c35-20-24-4-1-2-5-27(24)29-11-12-30-33(41-29)45(32(42-30)28-6-3-14-38-31(28)37)26-9-7-23(8-10-26)22-43-16-18-44(19-17-43)34-39-15-13-25(21-36)40-34/h1-15H,16-19,22H2,(H2,37,38). The molecule has 11 nitrogen and oxygen atoms in total. The van der Waals surface area contributed by atoms with E-state index in [0.29, 0.717) is 51.3 Å². The second-order valence-corrected chi connectivity index (χ2v) is 10.7. The molecule has 0 amide bonds. The van der Waals surface area contributed by atoms with Gasteiger partial charge in [0.2, 0.25) is 5.95 Å². The summed E-state index contributed by atoms with van der Waals surface area (Å²) >= 11 is 0. The molecule has 1 fully saturated rings. The number of nitrogen functional groups attached to an aromatic ring is 1. The van der Waals surface area contributed by atoms with E-state index in [4.69, 9.17) is 21.0 Å². The number of imidazole rings is 1. The van der Waals surface area contributed by atoms with Gasteiger partial charge in [-0.1, -0.05) is 30.3 Å². The minimum atomic E-state index is 0.376. The Morgan fingerprint density at radius 2 is 1.53 bits per heavy atom. The van der Waals surface area contributed by atoms with Crippen molar-refractivity contribution in [1.29, 1.82) is 10.5 Å². The van der Waals surface area contributed by atoms with Crippen LogP contribution in [0.15, 0.2) is 91.3 Å². The van der Waals surface area contributed by atoms with Gasteiger partial charge in [-0.05, 0) is 54.1 Å². The molecule has 1 saturated heterocycles. The number of rotatable bonds is 6. The Morgan fingerprint density at radius 1 is 0.733 bits per heavy atom. The average Bonchev–Trinajstić information content (AvgIpc) is 3.47. The van der Waals surface area contributed by atoms with Gasteiger partial charge >= 0.3 is 0 Å². The SMILES string of the molecule is N#Cc1ccnc(N2CCN(Cc3ccc(-n4c(-c5cccnc5N)nc5ccc(-c6ccccc6C#N)nc54)cc3)CC2)n1. The topological polar surface area (TPSA) is 149 Å². The molecule has 0 atom stereocenters. The van der Waals surface area contributed by atoms with Crippen LogP contribution in [0.25, 0.3) is 39.5 Å². The smallest absolute Gasteiger partial charge is 0.226 e. The zero-order chi connectivity index (χ0) is 30.8. The summed E-state index contributed by atoms with van der Waals surface area (Å²) < 4.78 is 2.00. The molecule has 4 aromatic heterocycles. The molecule has 0 radical (unpaired) electrons. The molecule has 218 valence electrons. The van der Waals surface area contributed by atoms with Crippen LogP contribution in [-0.4, -0.2) is 60.6 Å². The molecule has 6 aromatic rings. The van der Waals surface area contributed by atoms with Gasteiger partial charge in [0.15, 0.2) is 11.5 Å². The number of fused-ring (bicyclic) bond motifs is 1. The Hall–Kier alpha value is -6.17. The third-order valence-corrected chi connectivity index (χ3v) is 7.92. The summed E-state index contributed by atoms with van der Waals surface area (Å²) in [5.74, 6) is 1.62. The highest BCUT2D eigenvalue weighted by Crippen LogP contribution is 2.32. The molecule has 5 heterocycles. The van der Waals surface area contributed by atoms with Crippen molar-refractivity contribution >= 4 is 22.9 Å². The van der Waals surface area contributed by atoms with Crippen molar-refractivity contribution < 1.29 is 0 Å². The van der Waals surface area contributed by atoms with Gasteiger partial charge in [-0.3, -0.25) is 9.47 Å². The van der Waals surface area contributed by atoms with Crippen LogP contribution >= 0.6 is 0 Å². The molecule has 11 heteroatoms. The number of nitrogens with two attached hydrogens (primary N) is 1. The Labute approximate surface area is 259 Å². The first-order valence-electron chi connectivity index (χ1n) is 14.5. The highest BCUT2D eigenvalue weighted by molar-refractivity contribution is 5.85. The van der Waals surface area contributed by atoms with Crippen molar-refractivity contribution in [3.05, 3.63) is 108 Å². The fourth-order valence-electron chi connectivity index (χ4n) is 5.62. The fraction of sp³-hybridized carbons (Fsp3) is 0.147. The van der Waals surface area contributed by atoms with E-state index >= 15 is 0 Å². The van der Waals surface area contributed by atoms with Gasteiger partial charge in [-0.2, -0.15) is 10.5 Å². The van der Waals surface area contributed by atoms with Crippen LogP contribution in [-0.2, 0) is 6.54 Å². The summed E-state index contributed by atoms with van der Waals surface area (Å²) in [6, 6.07) is 29.4. The average molecular weight is 590 g/mol. The monoisotopic (exact) mass is 589 g/mol. The number of anilines is 2. The second-order valence-electron chi connectivity index (χ2n) is 10.7. The molecule has 0 aliphatic carbocycles. The van der Waals surface area contributed by atoms with E-state index in [-0.39, 0.29) is 0 Å². The first-order valence-corrected chi connectivity index (χ1v) is 14.5. The number of nitriles is 2. The Morgan fingerprint density at radius 3 is 2.31 bits per heavy atom. The van der Waals surface area contributed by atoms with Crippen molar-refractivity contribution in [2.45, 2.75) is 6.54 Å². The molecule has 0 bridgehead atoms. The normalized spacial score (nSPS) is 13.4. The van der Waals surface area contributed by atoms with E-state index in [1.807, 2.05) is 47.0 Å². The number of hydrogen-bond donors (Lipinski definition) is 1. The third kappa shape index (κ3) is 5.40. The van der Waals surface area contributed by atoms with Crippen LogP contribution in [0.1, 0.15) is 16.8 Å². The second kappa shape index (κ2) is 11.8. The number of piperazine rings is 1. The van der Waals surface area contributed by atoms with Crippen molar-refractivity contribution in [2.24, 2.45) is 0 Å². The zero-order valence-electron chi connectivity index (χ0n) is 24.2. The molecule has 2 aromatic carbocycles. The van der Waals surface area contributed by atoms with Crippen molar-refractivity contribution in [3.63, 3.8) is 0 Å². The molecule has 0 saturated carbocycles. The van der Waals surface area contributed by atoms with Gasteiger partial charge in [-0.25, -0.2) is 24.9 Å². The predicted octanol–water partition coefficient (Wildman–Crippen LogP) is 4.59. The zero-order valence-corrected chi connectivity index (χ0v) is 24.2. The van der Waals surface area contributed by atoms with Gasteiger partial charge < -0.3 is 10.6 Å². The molecule has 1 aliphatic heterocycles. The van der Waals surface area contributed by atoms with E-state index < -0.39 is 0 Å². The van der Waals surface area contributed by atoms with Crippen molar-refractivity contribution in [2.75, 3.05) is 36.8 Å². The summed E-state index contributed by atoms with van der Waals surface area (Å²) in [6.07, 6.45) is 3.29. The minimum absolute atomic E-state index is 0.376. The summed E-state index contributed by atoms with van der Waals surface area (Å²) in [5.41, 5.74) is 12.8. The quantitative estimate of drug-likeness (QED) is 0.292. The van der Waals surface area contributed by atoms with Gasteiger partial charge in [-0.15, -0.1) is 0 Å². The van der Waals surface area contributed by atoms with Crippen LogP contribution in [0.3, 0.4) is 0 Å². The van der Waals surface area contributed by atoms with Gasteiger partial charge in [0.05, 0.1) is 22.9 Å². The lowest BCUT2D eigenvalue weighted by Gasteiger charge is -2.34. The first-order chi connectivity index (χ1) is 22.1. The predicted molar refractivity (Wildman–Crippen MR) is 171 cm³/mol. The van der Waals surface area contributed by atoms with Crippen LogP contribution < -0.4 is 10.6 Å². The number of nitrogens with zero attached hydrogens (tertiary/aromatic N) is 10. The maximum absolute atomic E-state index is 9.70. The molecule has 45 heavy (non-hydrogen) atoms.